The zero-order valence-corrected chi connectivity index (χ0v) is 23.5. The molecular formula is C31H26ClN3O5S. The number of carbonyl (C=O) groups is 3. The zero-order chi connectivity index (χ0) is 28.7. The van der Waals surface area contributed by atoms with Crippen LogP contribution in [0.25, 0.3) is 0 Å². The number of carbonyl (C=O) groups excluding carboxylic acids is 3. The van der Waals surface area contributed by atoms with Crippen LogP contribution in [0.4, 0.5) is 10.5 Å². The predicted octanol–water partition coefficient (Wildman–Crippen LogP) is 6.16. The Labute approximate surface area is 245 Å². The zero-order valence-electron chi connectivity index (χ0n) is 22.0. The molecule has 4 atom stereocenters. The van der Waals surface area contributed by atoms with Gasteiger partial charge in [-0.2, -0.15) is 0 Å². The first kappa shape index (κ1) is 26.9. The van der Waals surface area contributed by atoms with Crippen molar-refractivity contribution in [2.75, 3.05) is 12.1 Å². The normalized spacial score (nSPS) is 21.1. The summed E-state index contributed by atoms with van der Waals surface area (Å²) in [5, 5.41) is 5.26. The highest BCUT2D eigenvalue weighted by Crippen LogP contribution is 2.52. The quantitative estimate of drug-likeness (QED) is 0.262. The first-order valence-corrected chi connectivity index (χ1v) is 14.3. The number of urea groups is 1. The van der Waals surface area contributed by atoms with Gasteiger partial charge >= 0.3 is 6.03 Å². The number of rotatable bonds is 6. The summed E-state index contributed by atoms with van der Waals surface area (Å²) in [7, 11) is 0. The summed E-state index contributed by atoms with van der Waals surface area (Å²) in [4.78, 5) is 43.7. The van der Waals surface area contributed by atoms with Gasteiger partial charge in [-0.1, -0.05) is 48.0 Å². The van der Waals surface area contributed by atoms with Crippen molar-refractivity contribution >= 4 is 46.3 Å². The lowest BCUT2D eigenvalue weighted by molar-refractivity contribution is -0.122. The number of fused-ring (bicyclic) bond motifs is 1. The molecule has 1 saturated heterocycles. The summed E-state index contributed by atoms with van der Waals surface area (Å²) in [5.41, 5.74) is 8.87. The molecule has 4 aromatic rings. The minimum atomic E-state index is -1.15. The van der Waals surface area contributed by atoms with Crippen molar-refractivity contribution in [3.05, 3.63) is 111 Å². The maximum Gasteiger partial charge on any atom is 0.323 e. The number of halogens is 1. The van der Waals surface area contributed by atoms with Gasteiger partial charge < -0.3 is 25.4 Å². The topological polar surface area (TPSA) is 111 Å². The van der Waals surface area contributed by atoms with Crippen LogP contribution in [0.5, 0.6) is 11.5 Å². The highest BCUT2D eigenvalue weighted by molar-refractivity contribution is 7.12. The highest BCUT2D eigenvalue weighted by Gasteiger charge is 2.57. The number of ether oxygens (including phenoxy) is 2. The SMILES string of the molecule is Cc1cccc(NC(=O)N2C(C(N)=O)C(c3ccc(Cl)cc3)C(C(=O)c3cccs3)C2c2ccc3c(c2)OCO3)c1. The molecule has 0 aliphatic carbocycles. The van der Waals surface area contributed by atoms with E-state index >= 15 is 0 Å². The van der Waals surface area contributed by atoms with Gasteiger partial charge in [0.25, 0.3) is 0 Å². The monoisotopic (exact) mass is 587 g/mol. The van der Waals surface area contributed by atoms with Crippen LogP contribution in [-0.4, -0.2) is 35.5 Å². The Hall–Kier alpha value is -4.34. The smallest absolute Gasteiger partial charge is 0.323 e. The van der Waals surface area contributed by atoms with Gasteiger partial charge in [-0.3, -0.25) is 9.59 Å². The van der Waals surface area contributed by atoms with E-state index in [1.807, 2.05) is 30.5 Å². The average Bonchev–Trinajstić information content (AvgIpc) is 3.71. The van der Waals surface area contributed by atoms with Crippen molar-refractivity contribution in [1.29, 1.82) is 0 Å². The molecule has 1 aromatic heterocycles. The maximum absolute atomic E-state index is 14.3. The Morgan fingerprint density at radius 2 is 1.71 bits per heavy atom. The molecule has 1 fully saturated rings. The predicted molar refractivity (Wildman–Crippen MR) is 157 cm³/mol. The van der Waals surface area contributed by atoms with Crippen molar-refractivity contribution < 1.29 is 23.9 Å². The summed E-state index contributed by atoms with van der Waals surface area (Å²) in [6.07, 6.45) is 0. The Morgan fingerprint density at radius 3 is 2.41 bits per heavy atom. The van der Waals surface area contributed by atoms with Crippen LogP contribution in [0, 0.1) is 12.8 Å². The lowest BCUT2D eigenvalue weighted by Gasteiger charge is -2.31. The number of hydrogen-bond acceptors (Lipinski definition) is 6. The molecule has 8 nitrogen and oxygen atoms in total. The van der Waals surface area contributed by atoms with Gasteiger partial charge in [-0.25, -0.2) is 4.79 Å². The van der Waals surface area contributed by atoms with Crippen LogP contribution in [0.1, 0.15) is 38.3 Å². The largest absolute Gasteiger partial charge is 0.454 e. The first-order valence-electron chi connectivity index (χ1n) is 13.0. The van der Waals surface area contributed by atoms with E-state index < -0.39 is 35.9 Å². The van der Waals surface area contributed by atoms with E-state index in [-0.39, 0.29) is 12.6 Å². The fraction of sp³-hybridized carbons (Fsp3) is 0.194. The second-order valence-electron chi connectivity index (χ2n) is 10.1. The molecule has 3 amide bonds. The third kappa shape index (κ3) is 5.03. The summed E-state index contributed by atoms with van der Waals surface area (Å²) in [5.74, 6) is -1.47. The summed E-state index contributed by atoms with van der Waals surface area (Å²) in [6, 6.07) is 20.6. The molecule has 10 heteroatoms. The number of likely N-dealkylation sites (tertiary alicyclic amines) is 1. The van der Waals surface area contributed by atoms with Crippen molar-refractivity contribution in [2.45, 2.75) is 24.9 Å². The minimum absolute atomic E-state index is 0.0654. The molecular weight excluding hydrogens is 562 g/mol. The van der Waals surface area contributed by atoms with Gasteiger partial charge in [0.2, 0.25) is 12.7 Å². The summed E-state index contributed by atoms with van der Waals surface area (Å²) >= 11 is 7.51. The lowest BCUT2D eigenvalue weighted by atomic mass is 9.77. The fourth-order valence-corrected chi connectivity index (χ4v) is 6.66. The third-order valence-corrected chi connectivity index (χ3v) is 8.66. The summed E-state index contributed by atoms with van der Waals surface area (Å²) in [6.45, 7) is 1.98. The number of amides is 3. The Morgan fingerprint density at radius 1 is 0.951 bits per heavy atom. The summed E-state index contributed by atoms with van der Waals surface area (Å²) < 4.78 is 11.1. The van der Waals surface area contributed by atoms with Crippen LogP contribution >= 0.6 is 22.9 Å². The third-order valence-electron chi connectivity index (χ3n) is 7.52. The molecule has 4 unspecified atom stereocenters. The Kier molecular flexibility index (Phi) is 7.15. The van der Waals surface area contributed by atoms with E-state index in [1.165, 1.54) is 16.2 Å². The molecule has 41 heavy (non-hydrogen) atoms. The number of Topliss-reactive ketones (excluding diaryl/α,β-unsaturated/α-hetero) is 1. The molecule has 0 saturated carbocycles. The van der Waals surface area contributed by atoms with Gasteiger partial charge in [-0.15, -0.1) is 11.3 Å². The molecule has 208 valence electrons. The van der Waals surface area contributed by atoms with Gasteiger partial charge in [0.05, 0.1) is 16.8 Å². The standard InChI is InChI=1S/C31H26ClN3O5S/c1-17-4-2-5-21(14-17)34-31(38)35-27(19-9-12-22-23(15-19)40-16-39-22)26(29(36)24-6-3-13-41-24)25(28(35)30(33)37)18-7-10-20(32)11-8-18/h2-15,25-28H,16H2,1H3,(H2,33,37)(H,34,38). The van der Waals surface area contributed by atoms with Gasteiger partial charge in [0.15, 0.2) is 17.3 Å². The van der Waals surface area contributed by atoms with Crippen LogP contribution < -0.4 is 20.5 Å². The molecule has 3 aromatic carbocycles. The molecule has 3 heterocycles. The molecule has 6 rings (SSSR count). The number of nitrogens with two attached hydrogens (primary N) is 1. The molecule has 2 aliphatic rings. The van der Waals surface area contributed by atoms with Crippen LogP contribution in [0.2, 0.25) is 5.02 Å². The second-order valence-corrected chi connectivity index (χ2v) is 11.4. The number of primary amides is 1. The number of thiophene rings is 1. The fourth-order valence-electron chi connectivity index (χ4n) is 5.82. The van der Waals surface area contributed by atoms with Crippen molar-refractivity contribution in [3.63, 3.8) is 0 Å². The number of aryl methyl sites for hydroxylation is 1. The van der Waals surface area contributed by atoms with E-state index in [9.17, 15) is 14.4 Å². The average molecular weight is 588 g/mol. The molecule has 3 N–H and O–H groups in total. The number of benzene rings is 3. The molecule has 0 bridgehead atoms. The van der Waals surface area contributed by atoms with Crippen molar-refractivity contribution in [2.24, 2.45) is 11.7 Å². The maximum atomic E-state index is 14.3. The Balaban J connectivity index is 1.55. The van der Waals surface area contributed by atoms with E-state index in [2.05, 4.69) is 5.32 Å². The van der Waals surface area contributed by atoms with Gasteiger partial charge in [0, 0.05) is 16.6 Å². The van der Waals surface area contributed by atoms with E-state index in [4.69, 9.17) is 26.8 Å². The lowest BCUT2D eigenvalue weighted by Crippen LogP contribution is -2.48. The van der Waals surface area contributed by atoms with E-state index in [0.717, 1.165) is 5.56 Å². The van der Waals surface area contributed by atoms with Crippen LogP contribution in [-0.2, 0) is 4.79 Å². The number of hydrogen-bond donors (Lipinski definition) is 2. The molecule has 2 aliphatic heterocycles. The molecule has 0 spiro atoms. The van der Waals surface area contributed by atoms with Crippen molar-refractivity contribution in [3.8, 4) is 11.5 Å². The second kappa shape index (κ2) is 10.9. The minimum Gasteiger partial charge on any atom is -0.454 e. The van der Waals surface area contributed by atoms with E-state index in [0.29, 0.717) is 38.2 Å². The number of nitrogens with one attached hydrogen (secondary N) is 1. The molecule has 0 radical (unpaired) electrons. The van der Waals surface area contributed by atoms with Gasteiger partial charge in [-0.05, 0) is 71.5 Å². The van der Waals surface area contributed by atoms with Crippen molar-refractivity contribution in [1.82, 2.24) is 4.90 Å². The highest BCUT2D eigenvalue weighted by atomic mass is 35.5. The Bertz CT molecular complexity index is 1630. The van der Waals surface area contributed by atoms with E-state index in [1.54, 1.807) is 60.7 Å². The number of ketones is 1. The van der Waals surface area contributed by atoms with Gasteiger partial charge in [0.1, 0.15) is 6.04 Å². The first-order chi connectivity index (χ1) is 19.8. The number of anilines is 1. The van der Waals surface area contributed by atoms with Crippen LogP contribution in [0.15, 0.2) is 84.2 Å². The number of nitrogens with zero attached hydrogens (tertiary/aromatic N) is 1. The van der Waals surface area contributed by atoms with Crippen LogP contribution in [0.3, 0.4) is 0 Å².